The molecule has 1 saturated heterocycles. The number of rotatable bonds is 1. The zero-order valence-corrected chi connectivity index (χ0v) is 11.4. The van der Waals surface area contributed by atoms with Gasteiger partial charge in [-0.25, -0.2) is 0 Å². The average Bonchev–Trinajstić information content (AvgIpc) is 2.83. The zero-order valence-electron chi connectivity index (χ0n) is 11.4. The minimum absolute atomic E-state index is 0.699. The quantitative estimate of drug-likeness (QED) is 0.763. The maximum absolute atomic E-state index is 6.02. The first-order valence-corrected chi connectivity index (χ1v) is 7.30. The molecule has 1 aromatic rings. The summed E-state index contributed by atoms with van der Waals surface area (Å²) in [5.41, 5.74) is 10.2. The summed E-state index contributed by atoms with van der Waals surface area (Å²) in [5.74, 6) is 0. The Morgan fingerprint density at radius 1 is 1.06 bits per heavy atom. The molecular formula is C16H24N2. The van der Waals surface area contributed by atoms with Gasteiger partial charge in [0, 0.05) is 24.5 Å². The first-order valence-electron chi connectivity index (χ1n) is 7.30. The molecule has 1 spiro atoms. The third kappa shape index (κ3) is 1.98. The van der Waals surface area contributed by atoms with E-state index in [0.717, 1.165) is 5.69 Å². The molecule has 3 rings (SSSR count). The Kier molecular flexibility index (Phi) is 2.96. The Morgan fingerprint density at radius 2 is 1.72 bits per heavy atom. The predicted molar refractivity (Wildman–Crippen MR) is 77.9 cm³/mol. The highest BCUT2D eigenvalue weighted by Gasteiger charge is 2.37. The molecule has 1 aliphatic carbocycles. The molecule has 2 heteroatoms. The van der Waals surface area contributed by atoms with E-state index >= 15 is 0 Å². The van der Waals surface area contributed by atoms with E-state index in [0.29, 0.717) is 5.41 Å². The number of piperidine rings is 1. The summed E-state index contributed by atoms with van der Waals surface area (Å²) in [6, 6.07) is 6.30. The van der Waals surface area contributed by atoms with E-state index in [-0.39, 0.29) is 0 Å². The fourth-order valence-corrected chi connectivity index (χ4v) is 3.83. The molecule has 18 heavy (non-hydrogen) atoms. The molecule has 2 nitrogen and oxygen atoms in total. The molecule has 2 fully saturated rings. The van der Waals surface area contributed by atoms with Crippen molar-refractivity contribution in [1.82, 2.24) is 0 Å². The molecule has 1 aromatic carbocycles. The number of nitrogens with zero attached hydrogens (tertiary/aromatic N) is 1. The van der Waals surface area contributed by atoms with Crippen molar-refractivity contribution in [3.8, 4) is 0 Å². The number of anilines is 2. The van der Waals surface area contributed by atoms with Gasteiger partial charge in [0.15, 0.2) is 0 Å². The molecule has 1 heterocycles. The number of nitrogen functional groups attached to an aromatic ring is 1. The highest BCUT2D eigenvalue weighted by Crippen LogP contribution is 2.46. The highest BCUT2D eigenvalue weighted by atomic mass is 15.1. The van der Waals surface area contributed by atoms with Gasteiger partial charge < -0.3 is 10.6 Å². The van der Waals surface area contributed by atoms with Crippen LogP contribution in [0.1, 0.15) is 44.1 Å². The van der Waals surface area contributed by atoms with Crippen molar-refractivity contribution in [1.29, 1.82) is 0 Å². The van der Waals surface area contributed by atoms with E-state index in [4.69, 9.17) is 5.73 Å². The van der Waals surface area contributed by atoms with E-state index < -0.39 is 0 Å². The molecule has 0 radical (unpaired) electrons. The van der Waals surface area contributed by atoms with E-state index in [2.05, 4.69) is 24.0 Å². The summed E-state index contributed by atoms with van der Waals surface area (Å²) < 4.78 is 0. The standard InChI is InChI=1S/C16H24N2/c1-13-14(17)5-4-6-15(13)18-11-9-16(10-12-18)7-2-3-8-16/h4-6H,2-3,7-12,17H2,1H3. The lowest BCUT2D eigenvalue weighted by atomic mass is 9.77. The Labute approximate surface area is 110 Å². The smallest absolute Gasteiger partial charge is 0.0416 e. The van der Waals surface area contributed by atoms with Crippen molar-refractivity contribution < 1.29 is 0 Å². The maximum Gasteiger partial charge on any atom is 0.0416 e. The third-order valence-electron chi connectivity index (χ3n) is 5.18. The summed E-state index contributed by atoms with van der Waals surface area (Å²) in [6.07, 6.45) is 8.60. The summed E-state index contributed by atoms with van der Waals surface area (Å²) in [5, 5.41) is 0. The van der Waals surface area contributed by atoms with Crippen molar-refractivity contribution >= 4 is 11.4 Å². The van der Waals surface area contributed by atoms with Gasteiger partial charge >= 0.3 is 0 Å². The zero-order chi connectivity index (χ0) is 12.6. The first-order chi connectivity index (χ1) is 8.70. The van der Waals surface area contributed by atoms with Gasteiger partial charge in [-0.05, 0) is 55.7 Å². The van der Waals surface area contributed by atoms with Crippen LogP contribution in [-0.2, 0) is 0 Å². The van der Waals surface area contributed by atoms with E-state index in [1.165, 1.54) is 62.9 Å². The van der Waals surface area contributed by atoms with Crippen LogP contribution in [0.4, 0.5) is 11.4 Å². The first kappa shape index (κ1) is 11.9. The Bertz CT molecular complexity index is 423. The summed E-state index contributed by atoms with van der Waals surface area (Å²) in [6.45, 7) is 4.57. The normalized spacial score (nSPS) is 22.6. The second-order valence-corrected chi connectivity index (χ2v) is 6.19. The van der Waals surface area contributed by atoms with Gasteiger partial charge in [0.2, 0.25) is 0 Å². The number of benzene rings is 1. The van der Waals surface area contributed by atoms with E-state index in [1.54, 1.807) is 0 Å². The monoisotopic (exact) mass is 244 g/mol. The fraction of sp³-hybridized carbons (Fsp3) is 0.625. The lowest BCUT2D eigenvalue weighted by Gasteiger charge is -2.41. The van der Waals surface area contributed by atoms with Crippen LogP contribution in [0.25, 0.3) is 0 Å². The minimum Gasteiger partial charge on any atom is -0.398 e. The topological polar surface area (TPSA) is 29.3 Å². The van der Waals surface area contributed by atoms with Crippen molar-refractivity contribution in [3.05, 3.63) is 23.8 Å². The van der Waals surface area contributed by atoms with Crippen LogP contribution in [0, 0.1) is 12.3 Å². The van der Waals surface area contributed by atoms with Crippen molar-refractivity contribution in [2.75, 3.05) is 23.7 Å². The van der Waals surface area contributed by atoms with Crippen molar-refractivity contribution in [2.45, 2.75) is 45.4 Å². The van der Waals surface area contributed by atoms with Crippen LogP contribution in [0.3, 0.4) is 0 Å². The third-order valence-corrected chi connectivity index (χ3v) is 5.18. The largest absolute Gasteiger partial charge is 0.398 e. The van der Waals surface area contributed by atoms with Crippen molar-refractivity contribution in [3.63, 3.8) is 0 Å². The van der Waals surface area contributed by atoms with Gasteiger partial charge in [-0.15, -0.1) is 0 Å². The predicted octanol–water partition coefficient (Wildman–Crippen LogP) is 3.74. The molecular weight excluding hydrogens is 220 g/mol. The Balaban J connectivity index is 1.74. The minimum atomic E-state index is 0.699. The number of hydrogen-bond donors (Lipinski definition) is 1. The molecule has 0 aromatic heterocycles. The molecule has 0 unspecified atom stereocenters. The van der Waals surface area contributed by atoms with Crippen LogP contribution in [0.5, 0.6) is 0 Å². The van der Waals surface area contributed by atoms with Crippen LogP contribution in [0.15, 0.2) is 18.2 Å². The van der Waals surface area contributed by atoms with Gasteiger partial charge in [0.1, 0.15) is 0 Å². The van der Waals surface area contributed by atoms with Crippen LogP contribution in [-0.4, -0.2) is 13.1 Å². The number of nitrogens with two attached hydrogens (primary N) is 1. The van der Waals surface area contributed by atoms with E-state index in [1.807, 2.05) is 6.07 Å². The van der Waals surface area contributed by atoms with Gasteiger partial charge in [0.05, 0.1) is 0 Å². The number of hydrogen-bond acceptors (Lipinski definition) is 2. The maximum atomic E-state index is 6.02. The van der Waals surface area contributed by atoms with Gasteiger partial charge in [-0.3, -0.25) is 0 Å². The SMILES string of the molecule is Cc1c(N)cccc1N1CCC2(CCCC2)CC1. The molecule has 2 aliphatic rings. The van der Waals surface area contributed by atoms with Crippen LogP contribution in [0.2, 0.25) is 0 Å². The summed E-state index contributed by atoms with van der Waals surface area (Å²) >= 11 is 0. The van der Waals surface area contributed by atoms with Gasteiger partial charge in [0.25, 0.3) is 0 Å². The highest BCUT2D eigenvalue weighted by molar-refractivity contribution is 5.64. The van der Waals surface area contributed by atoms with Gasteiger partial charge in [-0.2, -0.15) is 0 Å². The van der Waals surface area contributed by atoms with E-state index in [9.17, 15) is 0 Å². The molecule has 2 N–H and O–H groups in total. The molecule has 1 aliphatic heterocycles. The summed E-state index contributed by atoms with van der Waals surface area (Å²) in [7, 11) is 0. The van der Waals surface area contributed by atoms with Crippen molar-refractivity contribution in [2.24, 2.45) is 5.41 Å². The van der Waals surface area contributed by atoms with Crippen LogP contribution >= 0.6 is 0 Å². The Hall–Kier alpha value is -1.18. The lowest BCUT2D eigenvalue weighted by Crippen LogP contribution is -2.39. The Morgan fingerprint density at radius 3 is 2.39 bits per heavy atom. The molecule has 98 valence electrons. The molecule has 0 bridgehead atoms. The second-order valence-electron chi connectivity index (χ2n) is 6.19. The second kappa shape index (κ2) is 4.49. The molecule has 1 saturated carbocycles. The fourth-order valence-electron chi connectivity index (χ4n) is 3.83. The molecule has 0 amide bonds. The lowest BCUT2D eigenvalue weighted by molar-refractivity contribution is 0.226. The van der Waals surface area contributed by atoms with Crippen LogP contribution < -0.4 is 10.6 Å². The summed E-state index contributed by atoms with van der Waals surface area (Å²) in [4.78, 5) is 2.54. The van der Waals surface area contributed by atoms with Gasteiger partial charge in [-0.1, -0.05) is 18.9 Å². The molecule has 0 atom stereocenters. The average molecular weight is 244 g/mol.